The van der Waals surface area contributed by atoms with Gasteiger partial charge in [0.1, 0.15) is 18.3 Å². The van der Waals surface area contributed by atoms with E-state index in [1.807, 2.05) is 6.07 Å². The van der Waals surface area contributed by atoms with Crippen molar-refractivity contribution in [2.24, 2.45) is 0 Å². The van der Waals surface area contributed by atoms with Gasteiger partial charge in [0.05, 0.1) is 27.0 Å². The molecule has 0 saturated heterocycles. The number of para-hydroxylation sites is 2. The first-order valence-electron chi connectivity index (χ1n) is 12.2. The number of aromatic nitrogens is 4. The van der Waals surface area contributed by atoms with Crippen LogP contribution >= 0.6 is 0 Å². The second kappa shape index (κ2) is 11.7. The van der Waals surface area contributed by atoms with Crippen LogP contribution < -0.4 is 24.4 Å². The van der Waals surface area contributed by atoms with E-state index in [-0.39, 0.29) is 24.4 Å². The number of nitrogens with zero attached hydrogens (tertiary/aromatic N) is 5. The van der Waals surface area contributed by atoms with Gasteiger partial charge >= 0.3 is 0 Å². The Hall–Kier alpha value is -4.15. The third kappa shape index (κ3) is 5.82. The van der Waals surface area contributed by atoms with E-state index in [2.05, 4.69) is 20.7 Å². The molecule has 37 heavy (non-hydrogen) atoms. The van der Waals surface area contributed by atoms with E-state index in [4.69, 9.17) is 14.2 Å². The van der Waals surface area contributed by atoms with Crippen LogP contribution in [0.2, 0.25) is 0 Å². The topological polar surface area (TPSA) is 121 Å². The van der Waals surface area contributed by atoms with Crippen LogP contribution in [0.5, 0.6) is 17.2 Å². The van der Waals surface area contributed by atoms with E-state index in [0.29, 0.717) is 34.3 Å². The van der Waals surface area contributed by atoms with Gasteiger partial charge in [0.25, 0.3) is 5.91 Å². The third-order valence-corrected chi connectivity index (χ3v) is 6.45. The molecule has 1 aliphatic carbocycles. The summed E-state index contributed by atoms with van der Waals surface area (Å²) >= 11 is 0. The summed E-state index contributed by atoms with van der Waals surface area (Å²) in [6, 6.07) is 11.7. The van der Waals surface area contributed by atoms with Crippen molar-refractivity contribution in [1.82, 2.24) is 25.5 Å². The smallest absolute Gasteiger partial charge is 0.251 e. The van der Waals surface area contributed by atoms with E-state index >= 15 is 0 Å². The number of rotatable bonds is 10. The highest BCUT2D eigenvalue weighted by molar-refractivity contribution is 6.01. The van der Waals surface area contributed by atoms with Gasteiger partial charge in [-0.15, -0.1) is 10.2 Å². The SMILES string of the molecule is COc1ccc(-c2nnn(CC(=O)N(c3ccccc3OC)[C@@H](C)C(=O)NC3CCCC3)n2)cc1OC. The van der Waals surface area contributed by atoms with Gasteiger partial charge in [0, 0.05) is 11.6 Å². The predicted octanol–water partition coefficient (Wildman–Crippen LogP) is 2.85. The number of benzene rings is 2. The van der Waals surface area contributed by atoms with Crippen LogP contribution in [0.3, 0.4) is 0 Å². The number of hydrogen-bond acceptors (Lipinski definition) is 8. The maximum atomic E-state index is 13.6. The molecule has 196 valence electrons. The van der Waals surface area contributed by atoms with E-state index in [9.17, 15) is 9.59 Å². The molecule has 0 bridgehead atoms. The highest BCUT2D eigenvalue weighted by Gasteiger charge is 2.31. The maximum Gasteiger partial charge on any atom is 0.251 e. The summed E-state index contributed by atoms with van der Waals surface area (Å²) in [4.78, 5) is 29.4. The number of amides is 2. The van der Waals surface area contributed by atoms with Crippen LogP contribution in [-0.4, -0.2) is 65.4 Å². The zero-order valence-electron chi connectivity index (χ0n) is 21.5. The summed E-state index contributed by atoms with van der Waals surface area (Å²) in [6.07, 6.45) is 4.08. The molecule has 0 unspecified atom stereocenters. The first-order valence-corrected chi connectivity index (χ1v) is 12.2. The molecular weight excluding hydrogens is 476 g/mol. The monoisotopic (exact) mass is 508 g/mol. The highest BCUT2D eigenvalue weighted by Crippen LogP contribution is 2.32. The fraction of sp³-hybridized carbons (Fsp3) is 0.423. The van der Waals surface area contributed by atoms with Crippen LogP contribution in [0.25, 0.3) is 11.4 Å². The number of tetrazole rings is 1. The molecule has 1 aromatic heterocycles. The van der Waals surface area contributed by atoms with Crippen molar-refractivity contribution in [3.63, 3.8) is 0 Å². The molecule has 1 heterocycles. The van der Waals surface area contributed by atoms with Crippen LogP contribution in [0.1, 0.15) is 32.6 Å². The van der Waals surface area contributed by atoms with Crippen molar-refractivity contribution < 1.29 is 23.8 Å². The normalized spacial score (nSPS) is 14.2. The number of carbonyl (C=O) groups excluding carboxylic acids is 2. The lowest BCUT2D eigenvalue weighted by molar-refractivity contribution is -0.127. The van der Waals surface area contributed by atoms with Gasteiger partial charge in [0.2, 0.25) is 11.7 Å². The van der Waals surface area contributed by atoms with Gasteiger partial charge < -0.3 is 19.5 Å². The Morgan fingerprint density at radius 1 is 1.03 bits per heavy atom. The van der Waals surface area contributed by atoms with Crippen LogP contribution in [0.4, 0.5) is 5.69 Å². The van der Waals surface area contributed by atoms with Crippen LogP contribution in [0.15, 0.2) is 42.5 Å². The molecule has 2 aromatic carbocycles. The van der Waals surface area contributed by atoms with E-state index < -0.39 is 6.04 Å². The third-order valence-electron chi connectivity index (χ3n) is 6.45. The van der Waals surface area contributed by atoms with Gasteiger partial charge in [-0.05, 0) is 55.3 Å². The summed E-state index contributed by atoms with van der Waals surface area (Å²) in [5.41, 5.74) is 1.14. The number of anilines is 1. The van der Waals surface area contributed by atoms with Crippen molar-refractivity contribution in [1.29, 1.82) is 0 Å². The molecule has 11 heteroatoms. The molecule has 3 aromatic rings. The summed E-state index contributed by atoms with van der Waals surface area (Å²) in [5, 5.41) is 15.6. The van der Waals surface area contributed by atoms with Crippen molar-refractivity contribution in [2.45, 2.75) is 51.2 Å². The molecule has 2 amide bonds. The van der Waals surface area contributed by atoms with Crippen molar-refractivity contribution >= 4 is 17.5 Å². The molecular formula is C26H32N6O5. The Morgan fingerprint density at radius 3 is 2.43 bits per heavy atom. The summed E-state index contributed by atoms with van der Waals surface area (Å²) in [5.74, 6) is 1.31. The predicted molar refractivity (Wildman–Crippen MR) is 137 cm³/mol. The van der Waals surface area contributed by atoms with Gasteiger partial charge in [-0.25, -0.2) is 0 Å². The first-order chi connectivity index (χ1) is 17.9. The van der Waals surface area contributed by atoms with E-state index in [1.165, 1.54) is 16.8 Å². The largest absolute Gasteiger partial charge is 0.495 e. The second-order valence-corrected chi connectivity index (χ2v) is 8.81. The molecule has 0 aliphatic heterocycles. The molecule has 0 radical (unpaired) electrons. The number of hydrogen-bond donors (Lipinski definition) is 1. The Kier molecular flexibility index (Phi) is 8.22. The highest BCUT2D eigenvalue weighted by atomic mass is 16.5. The van der Waals surface area contributed by atoms with Crippen molar-refractivity contribution in [2.75, 3.05) is 26.2 Å². The minimum absolute atomic E-state index is 0.130. The number of nitrogens with one attached hydrogen (secondary N) is 1. The molecule has 1 atom stereocenters. The Balaban J connectivity index is 1.58. The van der Waals surface area contributed by atoms with Gasteiger partial charge in [0.15, 0.2) is 11.5 Å². The average Bonchev–Trinajstić information content (AvgIpc) is 3.61. The molecule has 4 rings (SSSR count). The fourth-order valence-corrected chi connectivity index (χ4v) is 4.50. The molecule has 1 aliphatic rings. The molecule has 0 spiro atoms. The zero-order valence-corrected chi connectivity index (χ0v) is 21.5. The number of ether oxygens (including phenoxy) is 3. The van der Waals surface area contributed by atoms with Gasteiger partial charge in [-0.2, -0.15) is 4.80 Å². The van der Waals surface area contributed by atoms with Crippen molar-refractivity contribution in [3.8, 4) is 28.6 Å². The fourth-order valence-electron chi connectivity index (χ4n) is 4.50. The Bertz CT molecular complexity index is 1240. The Labute approximate surface area is 215 Å². The lowest BCUT2D eigenvalue weighted by Gasteiger charge is -2.30. The maximum absolute atomic E-state index is 13.6. The quantitative estimate of drug-likeness (QED) is 0.444. The lowest BCUT2D eigenvalue weighted by atomic mass is 10.1. The molecule has 11 nitrogen and oxygen atoms in total. The van der Waals surface area contributed by atoms with Gasteiger partial charge in [-0.1, -0.05) is 25.0 Å². The summed E-state index contributed by atoms with van der Waals surface area (Å²) < 4.78 is 16.1. The van der Waals surface area contributed by atoms with E-state index in [1.54, 1.807) is 57.5 Å². The molecule has 1 saturated carbocycles. The average molecular weight is 509 g/mol. The standard InChI is InChI=1S/C26H32N6O5/c1-17(26(34)27-19-9-5-6-10-19)32(20-11-7-8-12-21(20)35-2)24(33)16-31-29-25(28-30-31)18-13-14-22(36-3)23(15-18)37-4/h7-8,11-15,17,19H,5-6,9-10,16H2,1-4H3,(H,27,34)/t17-/m0/s1. The number of methoxy groups -OCH3 is 3. The minimum atomic E-state index is -0.779. The Morgan fingerprint density at radius 2 is 1.73 bits per heavy atom. The van der Waals surface area contributed by atoms with Crippen LogP contribution in [-0.2, 0) is 16.1 Å². The summed E-state index contributed by atoms with van der Waals surface area (Å²) in [6.45, 7) is 1.48. The first kappa shape index (κ1) is 25.9. The van der Waals surface area contributed by atoms with Crippen LogP contribution in [0, 0.1) is 0 Å². The molecule has 1 N–H and O–H groups in total. The second-order valence-electron chi connectivity index (χ2n) is 8.81. The zero-order chi connectivity index (χ0) is 26.4. The minimum Gasteiger partial charge on any atom is -0.495 e. The van der Waals surface area contributed by atoms with Gasteiger partial charge in [-0.3, -0.25) is 14.5 Å². The van der Waals surface area contributed by atoms with E-state index in [0.717, 1.165) is 25.7 Å². The summed E-state index contributed by atoms with van der Waals surface area (Å²) in [7, 11) is 4.63. The number of carbonyl (C=O) groups is 2. The lowest BCUT2D eigenvalue weighted by Crippen LogP contribution is -2.51. The van der Waals surface area contributed by atoms with Crippen molar-refractivity contribution in [3.05, 3.63) is 42.5 Å². The molecule has 1 fully saturated rings.